The van der Waals surface area contributed by atoms with E-state index in [1.165, 1.54) is 5.56 Å². The molecule has 0 unspecified atom stereocenters. The smallest absolute Gasteiger partial charge is 0.159 e. The quantitative estimate of drug-likeness (QED) is 0.644. The molecule has 1 aliphatic rings. The topological polar surface area (TPSA) is 26.3 Å². The maximum atomic E-state index is 11.1. The Morgan fingerprint density at radius 3 is 2.77 bits per heavy atom. The third-order valence-electron chi connectivity index (χ3n) is 2.40. The highest BCUT2D eigenvalue weighted by molar-refractivity contribution is 5.94. The molecule has 0 N–H and O–H groups in total. The molecule has 1 heterocycles. The summed E-state index contributed by atoms with van der Waals surface area (Å²) < 4.78 is 5.10. The Morgan fingerprint density at radius 2 is 2.23 bits per heavy atom. The van der Waals surface area contributed by atoms with E-state index < -0.39 is 0 Å². The van der Waals surface area contributed by atoms with Crippen LogP contribution in [0.25, 0.3) is 0 Å². The third kappa shape index (κ3) is 1.63. The molecule has 13 heavy (non-hydrogen) atoms. The zero-order chi connectivity index (χ0) is 9.26. The second-order valence-corrected chi connectivity index (χ2v) is 3.42. The second kappa shape index (κ2) is 3.30. The maximum absolute atomic E-state index is 11.1. The van der Waals surface area contributed by atoms with Crippen molar-refractivity contribution in [2.45, 2.75) is 12.8 Å². The van der Waals surface area contributed by atoms with Gasteiger partial charge in [0.1, 0.15) is 0 Å². The number of hydrogen-bond donors (Lipinski definition) is 0. The predicted octanol–water partition coefficient (Wildman–Crippen LogP) is 2.00. The Bertz CT molecular complexity index is 327. The molecule has 0 aliphatic carbocycles. The van der Waals surface area contributed by atoms with Crippen molar-refractivity contribution in [2.75, 3.05) is 13.2 Å². The number of ketones is 1. The molecule has 0 radical (unpaired) electrons. The highest BCUT2D eigenvalue weighted by Gasteiger charge is 2.20. The summed E-state index contributed by atoms with van der Waals surface area (Å²) in [6, 6.07) is 7.81. The fourth-order valence-corrected chi connectivity index (χ4v) is 1.44. The molecular weight excluding hydrogens is 164 g/mol. The molecule has 0 saturated carbocycles. The van der Waals surface area contributed by atoms with E-state index in [-0.39, 0.29) is 5.78 Å². The van der Waals surface area contributed by atoms with Crippen molar-refractivity contribution in [1.29, 1.82) is 0 Å². The molecule has 0 atom stereocenters. The Balaban J connectivity index is 2.26. The van der Waals surface area contributed by atoms with Gasteiger partial charge in [0.25, 0.3) is 0 Å². The lowest BCUT2D eigenvalue weighted by Gasteiger charge is -2.26. The van der Waals surface area contributed by atoms with E-state index in [0.717, 1.165) is 18.8 Å². The van der Waals surface area contributed by atoms with Crippen LogP contribution in [0.4, 0.5) is 0 Å². The molecule has 0 amide bonds. The number of rotatable bonds is 2. The molecular formula is C11H12O2. The summed E-state index contributed by atoms with van der Waals surface area (Å²) in [5.41, 5.74) is 2.02. The molecule has 1 saturated heterocycles. The van der Waals surface area contributed by atoms with Crippen molar-refractivity contribution in [3.63, 3.8) is 0 Å². The molecule has 2 rings (SSSR count). The summed E-state index contributed by atoms with van der Waals surface area (Å²) in [7, 11) is 0. The van der Waals surface area contributed by atoms with Crippen LogP contribution in [0, 0.1) is 0 Å². The van der Waals surface area contributed by atoms with Crippen LogP contribution in [0.5, 0.6) is 0 Å². The minimum absolute atomic E-state index is 0.127. The summed E-state index contributed by atoms with van der Waals surface area (Å²) in [5, 5.41) is 0. The Hall–Kier alpha value is -1.15. The number of benzene rings is 1. The summed E-state index contributed by atoms with van der Waals surface area (Å²) in [6.45, 7) is 3.18. The largest absolute Gasteiger partial charge is 0.380 e. The van der Waals surface area contributed by atoms with Crippen LogP contribution < -0.4 is 0 Å². The first-order chi connectivity index (χ1) is 6.27. The molecule has 1 aliphatic heterocycles. The van der Waals surface area contributed by atoms with E-state index in [2.05, 4.69) is 6.07 Å². The minimum atomic E-state index is 0.127. The van der Waals surface area contributed by atoms with Crippen molar-refractivity contribution in [3.8, 4) is 0 Å². The molecule has 1 aromatic carbocycles. The summed E-state index contributed by atoms with van der Waals surface area (Å²) in [4.78, 5) is 11.1. The number of ether oxygens (including phenoxy) is 1. The fourth-order valence-electron chi connectivity index (χ4n) is 1.44. The van der Waals surface area contributed by atoms with E-state index >= 15 is 0 Å². The highest BCUT2D eigenvalue weighted by Crippen LogP contribution is 2.24. The zero-order valence-corrected chi connectivity index (χ0v) is 7.62. The van der Waals surface area contributed by atoms with Crippen LogP contribution >= 0.6 is 0 Å². The third-order valence-corrected chi connectivity index (χ3v) is 2.40. The van der Waals surface area contributed by atoms with Gasteiger partial charge >= 0.3 is 0 Å². The van der Waals surface area contributed by atoms with E-state index in [0.29, 0.717) is 5.92 Å². The van der Waals surface area contributed by atoms with Crippen molar-refractivity contribution >= 4 is 5.78 Å². The molecule has 68 valence electrons. The summed E-state index contributed by atoms with van der Waals surface area (Å²) >= 11 is 0. The molecule has 2 heteroatoms. The van der Waals surface area contributed by atoms with Gasteiger partial charge in [0.15, 0.2) is 5.78 Å². The maximum Gasteiger partial charge on any atom is 0.159 e. The molecule has 1 fully saturated rings. The van der Waals surface area contributed by atoms with Gasteiger partial charge < -0.3 is 4.74 Å². The Labute approximate surface area is 77.5 Å². The minimum Gasteiger partial charge on any atom is -0.380 e. The predicted molar refractivity (Wildman–Crippen MR) is 50.0 cm³/mol. The molecule has 0 aromatic heterocycles. The van der Waals surface area contributed by atoms with Crippen LogP contribution in [-0.4, -0.2) is 19.0 Å². The van der Waals surface area contributed by atoms with Crippen molar-refractivity contribution in [1.82, 2.24) is 0 Å². The van der Waals surface area contributed by atoms with Gasteiger partial charge in [-0.1, -0.05) is 18.2 Å². The van der Waals surface area contributed by atoms with E-state index in [4.69, 9.17) is 4.74 Å². The normalized spacial score (nSPS) is 16.7. The number of carbonyl (C=O) groups excluding carboxylic acids is 1. The van der Waals surface area contributed by atoms with Gasteiger partial charge in [0, 0.05) is 11.5 Å². The van der Waals surface area contributed by atoms with Gasteiger partial charge in [-0.2, -0.15) is 0 Å². The zero-order valence-electron chi connectivity index (χ0n) is 7.62. The lowest BCUT2D eigenvalue weighted by Crippen LogP contribution is -2.25. The number of Topliss-reactive ketones (excluding diaryl/α,β-unsaturated/α-hetero) is 1. The monoisotopic (exact) mass is 176 g/mol. The van der Waals surface area contributed by atoms with Crippen molar-refractivity contribution in [2.24, 2.45) is 0 Å². The van der Waals surface area contributed by atoms with Crippen LogP contribution in [0.3, 0.4) is 0 Å². The number of carbonyl (C=O) groups is 1. The average molecular weight is 176 g/mol. The van der Waals surface area contributed by atoms with Gasteiger partial charge in [-0.15, -0.1) is 0 Å². The first-order valence-corrected chi connectivity index (χ1v) is 4.46. The lowest BCUT2D eigenvalue weighted by atomic mass is 9.95. The van der Waals surface area contributed by atoms with Gasteiger partial charge in [0.05, 0.1) is 13.2 Å². The Kier molecular flexibility index (Phi) is 2.15. The SMILES string of the molecule is CC(=O)c1cccc(C2COC2)c1. The molecule has 0 spiro atoms. The van der Waals surface area contributed by atoms with E-state index in [1.807, 2.05) is 18.2 Å². The molecule has 2 nitrogen and oxygen atoms in total. The van der Waals surface area contributed by atoms with Gasteiger partial charge in [-0.3, -0.25) is 4.79 Å². The van der Waals surface area contributed by atoms with Gasteiger partial charge in [-0.05, 0) is 18.6 Å². The van der Waals surface area contributed by atoms with Crippen LogP contribution in [0.1, 0.15) is 28.8 Å². The summed E-state index contributed by atoms with van der Waals surface area (Å²) in [5.74, 6) is 0.626. The van der Waals surface area contributed by atoms with Crippen molar-refractivity contribution in [3.05, 3.63) is 35.4 Å². The van der Waals surface area contributed by atoms with Crippen molar-refractivity contribution < 1.29 is 9.53 Å². The van der Waals surface area contributed by atoms with E-state index in [1.54, 1.807) is 6.92 Å². The number of hydrogen-bond acceptors (Lipinski definition) is 2. The first-order valence-electron chi connectivity index (χ1n) is 4.46. The fraction of sp³-hybridized carbons (Fsp3) is 0.364. The second-order valence-electron chi connectivity index (χ2n) is 3.42. The standard InChI is InChI=1S/C11H12O2/c1-8(12)9-3-2-4-10(5-9)11-6-13-7-11/h2-5,11H,6-7H2,1H3. The van der Waals surface area contributed by atoms with Gasteiger partial charge in [-0.25, -0.2) is 0 Å². The average Bonchev–Trinajstić information content (AvgIpc) is 2.01. The first kappa shape index (κ1) is 8.45. The van der Waals surface area contributed by atoms with E-state index in [9.17, 15) is 4.79 Å². The summed E-state index contributed by atoms with van der Waals surface area (Å²) in [6.07, 6.45) is 0. The van der Waals surface area contributed by atoms with Crippen LogP contribution in [0.15, 0.2) is 24.3 Å². The lowest BCUT2D eigenvalue weighted by molar-refractivity contribution is 0.00839. The van der Waals surface area contributed by atoms with Crippen LogP contribution in [-0.2, 0) is 4.74 Å². The van der Waals surface area contributed by atoms with Crippen LogP contribution in [0.2, 0.25) is 0 Å². The molecule has 1 aromatic rings. The highest BCUT2D eigenvalue weighted by atomic mass is 16.5. The Morgan fingerprint density at radius 1 is 1.46 bits per heavy atom. The molecule has 0 bridgehead atoms. The van der Waals surface area contributed by atoms with Gasteiger partial charge in [0.2, 0.25) is 0 Å².